The molecular formula is C19H19N5O. The minimum absolute atomic E-state index is 0.260. The van der Waals surface area contributed by atoms with Crippen LogP contribution in [0.3, 0.4) is 0 Å². The van der Waals surface area contributed by atoms with Crippen molar-refractivity contribution in [2.75, 3.05) is 6.54 Å². The lowest BCUT2D eigenvalue weighted by molar-refractivity contribution is 0.435. The first-order valence-corrected chi connectivity index (χ1v) is 8.07. The predicted molar refractivity (Wildman–Crippen MR) is 95.4 cm³/mol. The van der Waals surface area contributed by atoms with Crippen LogP contribution in [0.5, 0.6) is 5.75 Å². The van der Waals surface area contributed by atoms with Gasteiger partial charge in [0.1, 0.15) is 11.5 Å². The number of nitrogens with two attached hydrogens (primary N) is 1. The Hall–Kier alpha value is -3.17. The summed E-state index contributed by atoms with van der Waals surface area (Å²) in [6, 6.07) is 7.61. The highest BCUT2D eigenvalue weighted by Crippen LogP contribution is 2.30. The lowest BCUT2D eigenvalue weighted by Gasteiger charge is -2.16. The van der Waals surface area contributed by atoms with Crippen molar-refractivity contribution >= 4 is 0 Å². The topological polar surface area (TPSA) is 96.8 Å². The van der Waals surface area contributed by atoms with Gasteiger partial charge in [0.05, 0.1) is 17.2 Å². The number of aromatic nitrogens is 2. The molecule has 0 bridgehead atoms. The van der Waals surface area contributed by atoms with Gasteiger partial charge in [-0.25, -0.2) is 9.97 Å². The third-order valence-electron chi connectivity index (χ3n) is 3.76. The Morgan fingerprint density at radius 2 is 2.12 bits per heavy atom. The van der Waals surface area contributed by atoms with Crippen LogP contribution in [0.15, 0.2) is 54.7 Å². The van der Waals surface area contributed by atoms with Gasteiger partial charge < -0.3 is 15.8 Å². The summed E-state index contributed by atoms with van der Waals surface area (Å²) in [4.78, 5) is 8.81. The van der Waals surface area contributed by atoms with Crippen LogP contribution in [0, 0.1) is 11.3 Å². The van der Waals surface area contributed by atoms with Crippen LogP contribution in [0.25, 0.3) is 11.4 Å². The van der Waals surface area contributed by atoms with Crippen LogP contribution in [-0.2, 0) is 6.42 Å². The molecule has 0 spiro atoms. The Bertz CT molecular complexity index is 849. The second-order valence-electron chi connectivity index (χ2n) is 5.74. The van der Waals surface area contributed by atoms with Gasteiger partial charge in [-0.05, 0) is 49.7 Å². The predicted octanol–water partition coefficient (Wildman–Crippen LogP) is 2.28. The van der Waals surface area contributed by atoms with Gasteiger partial charge in [0.2, 0.25) is 0 Å². The van der Waals surface area contributed by atoms with Gasteiger partial charge in [-0.2, -0.15) is 5.26 Å². The van der Waals surface area contributed by atoms with Crippen molar-refractivity contribution in [1.82, 2.24) is 15.3 Å². The molecule has 1 unspecified atom stereocenters. The van der Waals surface area contributed by atoms with Gasteiger partial charge in [0, 0.05) is 24.6 Å². The SMILES string of the molecule is CC1C=CC(Oc2cc(C#N)ccc2-c2ncc(CCN)cn2)=CN1. The van der Waals surface area contributed by atoms with E-state index < -0.39 is 0 Å². The zero-order valence-electron chi connectivity index (χ0n) is 13.9. The highest BCUT2D eigenvalue weighted by Gasteiger charge is 2.13. The summed E-state index contributed by atoms with van der Waals surface area (Å²) in [5.41, 5.74) is 7.78. The molecule has 0 radical (unpaired) electrons. The summed E-state index contributed by atoms with van der Waals surface area (Å²) in [5, 5.41) is 12.3. The van der Waals surface area contributed by atoms with Gasteiger partial charge in [-0.15, -0.1) is 0 Å². The number of benzene rings is 1. The summed E-state index contributed by atoms with van der Waals surface area (Å²) in [5.74, 6) is 1.74. The highest BCUT2D eigenvalue weighted by atomic mass is 16.5. The van der Waals surface area contributed by atoms with E-state index in [0.29, 0.717) is 29.4 Å². The maximum atomic E-state index is 9.17. The van der Waals surface area contributed by atoms with E-state index in [1.165, 1.54) is 0 Å². The fourth-order valence-electron chi connectivity index (χ4n) is 2.40. The number of rotatable bonds is 5. The average molecular weight is 333 g/mol. The van der Waals surface area contributed by atoms with Gasteiger partial charge in [0.25, 0.3) is 0 Å². The van der Waals surface area contributed by atoms with Crippen LogP contribution in [0.1, 0.15) is 18.1 Å². The van der Waals surface area contributed by atoms with E-state index in [-0.39, 0.29) is 6.04 Å². The minimum Gasteiger partial charge on any atom is -0.455 e. The molecular weight excluding hydrogens is 314 g/mol. The van der Waals surface area contributed by atoms with E-state index in [9.17, 15) is 0 Å². The summed E-state index contributed by atoms with van der Waals surface area (Å²) in [6.45, 7) is 2.60. The van der Waals surface area contributed by atoms with E-state index in [1.807, 2.05) is 19.1 Å². The molecule has 0 aliphatic carbocycles. The number of allylic oxidation sites excluding steroid dienone is 1. The van der Waals surface area contributed by atoms with Crippen molar-refractivity contribution in [2.45, 2.75) is 19.4 Å². The molecule has 25 heavy (non-hydrogen) atoms. The van der Waals surface area contributed by atoms with E-state index in [0.717, 1.165) is 17.5 Å². The normalized spacial score (nSPS) is 15.9. The maximum Gasteiger partial charge on any atom is 0.162 e. The lowest BCUT2D eigenvalue weighted by Crippen LogP contribution is -2.22. The van der Waals surface area contributed by atoms with E-state index >= 15 is 0 Å². The molecule has 1 aliphatic rings. The molecule has 1 aliphatic heterocycles. The smallest absolute Gasteiger partial charge is 0.162 e. The molecule has 0 saturated carbocycles. The molecule has 3 rings (SSSR count). The molecule has 126 valence electrons. The Kier molecular flexibility index (Phi) is 5.07. The third-order valence-corrected chi connectivity index (χ3v) is 3.76. The van der Waals surface area contributed by atoms with Gasteiger partial charge >= 0.3 is 0 Å². The van der Waals surface area contributed by atoms with Gasteiger partial charge in [0.15, 0.2) is 5.82 Å². The quantitative estimate of drug-likeness (QED) is 0.871. The van der Waals surface area contributed by atoms with Crippen molar-refractivity contribution in [3.8, 4) is 23.2 Å². The Balaban J connectivity index is 1.93. The molecule has 2 aromatic rings. The van der Waals surface area contributed by atoms with Crippen LogP contribution in [0.2, 0.25) is 0 Å². The number of hydrogen-bond acceptors (Lipinski definition) is 6. The third kappa shape index (κ3) is 4.03. The zero-order valence-corrected chi connectivity index (χ0v) is 13.9. The number of ether oxygens (including phenoxy) is 1. The summed E-state index contributed by atoms with van der Waals surface area (Å²) in [6.07, 6.45) is 9.97. The van der Waals surface area contributed by atoms with Crippen molar-refractivity contribution in [3.63, 3.8) is 0 Å². The molecule has 1 aromatic carbocycles. The Morgan fingerprint density at radius 3 is 2.76 bits per heavy atom. The minimum atomic E-state index is 0.260. The van der Waals surface area contributed by atoms with Crippen molar-refractivity contribution in [2.24, 2.45) is 5.73 Å². The molecule has 2 heterocycles. The summed E-state index contributed by atoms with van der Waals surface area (Å²) in [7, 11) is 0. The van der Waals surface area contributed by atoms with Crippen LogP contribution in [-0.4, -0.2) is 22.6 Å². The second kappa shape index (κ2) is 7.60. The summed E-state index contributed by atoms with van der Waals surface area (Å²) >= 11 is 0. The van der Waals surface area contributed by atoms with Crippen LogP contribution in [0.4, 0.5) is 0 Å². The largest absolute Gasteiger partial charge is 0.455 e. The fraction of sp³-hybridized carbons (Fsp3) is 0.211. The number of hydrogen-bond donors (Lipinski definition) is 2. The molecule has 1 atom stereocenters. The van der Waals surface area contributed by atoms with E-state index in [1.54, 1.807) is 36.8 Å². The first-order chi connectivity index (χ1) is 12.2. The number of nitriles is 1. The Morgan fingerprint density at radius 1 is 1.32 bits per heavy atom. The summed E-state index contributed by atoms with van der Waals surface area (Å²) < 4.78 is 5.97. The maximum absolute atomic E-state index is 9.17. The Labute approximate surface area is 146 Å². The van der Waals surface area contributed by atoms with Gasteiger partial charge in [-0.3, -0.25) is 0 Å². The zero-order chi connectivity index (χ0) is 17.6. The van der Waals surface area contributed by atoms with Crippen molar-refractivity contribution in [3.05, 3.63) is 65.8 Å². The van der Waals surface area contributed by atoms with Crippen molar-refractivity contribution in [1.29, 1.82) is 5.26 Å². The molecule has 0 amide bonds. The molecule has 6 nitrogen and oxygen atoms in total. The molecule has 0 fully saturated rings. The highest BCUT2D eigenvalue weighted by molar-refractivity contribution is 5.66. The molecule has 1 aromatic heterocycles. The van der Waals surface area contributed by atoms with Gasteiger partial charge in [-0.1, -0.05) is 6.08 Å². The first-order valence-electron chi connectivity index (χ1n) is 8.07. The average Bonchev–Trinajstić information content (AvgIpc) is 2.64. The monoisotopic (exact) mass is 333 g/mol. The lowest BCUT2D eigenvalue weighted by atomic mass is 10.1. The molecule has 0 saturated heterocycles. The number of nitrogens with one attached hydrogen (secondary N) is 1. The molecule has 6 heteroatoms. The van der Waals surface area contributed by atoms with Crippen molar-refractivity contribution < 1.29 is 4.74 Å². The van der Waals surface area contributed by atoms with E-state index in [2.05, 4.69) is 21.4 Å². The standard InChI is InChI=1S/C19H19N5O/c1-13-2-4-16(12-22-13)25-18-8-14(9-21)3-5-17(18)19-23-10-15(6-7-20)11-24-19/h2-5,8,10-13,22H,6-7,20H2,1H3. The van der Waals surface area contributed by atoms with Crippen LogP contribution < -0.4 is 15.8 Å². The second-order valence-corrected chi connectivity index (χ2v) is 5.74. The fourth-order valence-corrected chi connectivity index (χ4v) is 2.40. The number of dihydropyridines is 1. The number of nitrogens with zero attached hydrogens (tertiary/aromatic N) is 3. The van der Waals surface area contributed by atoms with Crippen LogP contribution >= 0.6 is 0 Å². The molecule has 3 N–H and O–H groups in total. The van der Waals surface area contributed by atoms with E-state index in [4.69, 9.17) is 15.7 Å². The first kappa shape index (κ1) is 16.7.